The number of ether oxygens (including phenoxy) is 4. The van der Waals surface area contributed by atoms with E-state index in [9.17, 15) is 23.1 Å². The molecule has 0 radical (unpaired) electrons. The number of carbonyl (C=O) groups excluding carboxylic acids is 1. The van der Waals surface area contributed by atoms with E-state index < -0.39 is 22.0 Å². The average molecular weight is 705 g/mol. The molecule has 50 heavy (non-hydrogen) atoms. The largest absolute Gasteiger partial charge is 0.496 e. The highest BCUT2D eigenvalue weighted by molar-refractivity contribution is 7.89. The molecule has 3 aromatic carbocycles. The average Bonchev–Trinajstić information content (AvgIpc) is 3.54. The lowest BCUT2D eigenvalue weighted by Gasteiger charge is -2.22. The van der Waals surface area contributed by atoms with Crippen molar-refractivity contribution in [2.45, 2.75) is 50.8 Å². The molecule has 1 aliphatic heterocycles. The zero-order chi connectivity index (χ0) is 35.8. The maximum Gasteiger partial charge on any atom is 0.331 e. The summed E-state index contributed by atoms with van der Waals surface area (Å²) in [5, 5.41) is 17.3. The number of sulfonamides is 1. The van der Waals surface area contributed by atoms with Crippen LogP contribution in [-0.4, -0.2) is 67.6 Å². The minimum absolute atomic E-state index is 0.0353. The van der Waals surface area contributed by atoms with Gasteiger partial charge in [0.25, 0.3) is 10.0 Å². The van der Waals surface area contributed by atoms with Crippen LogP contribution in [0.5, 0.6) is 17.2 Å². The lowest BCUT2D eigenvalue weighted by Crippen LogP contribution is -2.39. The van der Waals surface area contributed by atoms with Crippen LogP contribution in [0.3, 0.4) is 0 Å². The number of benzene rings is 3. The van der Waals surface area contributed by atoms with Gasteiger partial charge in [-0.1, -0.05) is 37.6 Å². The van der Waals surface area contributed by atoms with E-state index in [2.05, 4.69) is 17.3 Å². The van der Waals surface area contributed by atoms with Crippen molar-refractivity contribution in [2.24, 2.45) is 0 Å². The summed E-state index contributed by atoms with van der Waals surface area (Å²) in [4.78, 5) is 24.6. The minimum Gasteiger partial charge on any atom is -0.496 e. The maximum absolute atomic E-state index is 12.8. The second kappa shape index (κ2) is 15.9. The molecule has 0 fully saturated rings. The second-order valence-corrected chi connectivity index (χ2v) is 13.4. The zero-order valence-corrected chi connectivity index (χ0v) is 29.2. The molecule has 1 aromatic heterocycles. The predicted octanol–water partition coefficient (Wildman–Crippen LogP) is 5.47. The number of fused-ring (bicyclic) bond motifs is 1. The van der Waals surface area contributed by atoms with Gasteiger partial charge in [-0.25, -0.2) is 22.3 Å². The van der Waals surface area contributed by atoms with Gasteiger partial charge in [0.2, 0.25) is 0 Å². The van der Waals surface area contributed by atoms with Crippen LogP contribution in [0.15, 0.2) is 77.3 Å². The molecule has 0 saturated carbocycles. The normalized spacial score (nSPS) is 12.8. The number of nitrogens with zero attached hydrogens (tertiary/aromatic N) is 3. The molecule has 264 valence electrons. The van der Waals surface area contributed by atoms with Gasteiger partial charge in [-0.2, -0.15) is 5.10 Å². The van der Waals surface area contributed by atoms with Gasteiger partial charge < -0.3 is 29.4 Å². The van der Waals surface area contributed by atoms with E-state index in [4.69, 9.17) is 18.9 Å². The minimum atomic E-state index is -4.03. The Hall–Kier alpha value is -5.34. The first kappa shape index (κ1) is 36.0. The topological polar surface area (TPSA) is 159 Å². The summed E-state index contributed by atoms with van der Waals surface area (Å²) in [6, 6.07) is 16.3. The fourth-order valence-electron chi connectivity index (χ4n) is 5.55. The Kier molecular flexibility index (Phi) is 11.4. The number of aryl methyl sites for hydroxylation is 1. The van der Waals surface area contributed by atoms with Gasteiger partial charge in [-0.3, -0.25) is 4.68 Å². The SMILES string of the molecule is CCCCn1ncc(C=C(Cc2c(OC)ccc3c2COCO3)C(=O)O)c1-c1ccccc1OCc1ccc(S(=O)(=O)N(C)C(=O)NC)cc1. The van der Waals surface area contributed by atoms with E-state index in [-0.39, 0.29) is 36.9 Å². The Balaban J connectivity index is 1.48. The van der Waals surface area contributed by atoms with Crippen LogP contribution >= 0.6 is 0 Å². The Morgan fingerprint density at radius 2 is 1.86 bits per heavy atom. The van der Waals surface area contributed by atoms with E-state index in [1.54, 1.807) is 36.5 Å². The molecule has 2 heterocycles. The molecule has 0 unspecified atom stereocenters. The molecule has 1 aliphatic rings. The molecule has 0 saturated heterocycles. The van der Waals surface area contributed by atoms with Crippen molar-refractivity contribution in [3.05, 3.63) is 94.7 Å². The number of unbranched alkanes of at least 4 members (excludes halogenated alkanes) is 1. The van der Waals surface area contributed by atoms with Gasteiger partial charge in [-0.15, -0.1) is 0 Å². The quantitative estimate of drug-likeness (QED) is 0.161. The van der Waals surface area contributed by atoms with Gasteiger partial charge >= 0.3 is 12.0 Å². The van der Waals surface area contributed by atoms with Crippen molar-refractivity contribution in [3.63, 3.8) is 0 Å². The summed E-state index contributed by atoms with van der Waals surface area (Å²) in [6.07, 6.45) is 5.11. The van der Waals surface area contributed by atoms with Crippen LogP contribution < -0.4 is 19.5 Å². The van der Waals surface area contributed by atoms with Crippen molar-refractivity contribution in [1.29, 1.82) is 0 Å². The smallest absolute Gasteiger partial charge is 0.331 e. The number of para-hydroxylation sites is 1. The molecule has 2 N–H and O–H groups in total. The van der Waals surface area contributed by atoms with Crippen LogP contribution in [0, 0.1) is 0 Å². The summed E-state index contributed by atoms with van der Waals surface area (Å²) in [6.45, 7) is 3.18. The third-order valence-corrected chi connectivity index (χ3v) is 10.0. The number of hydrogen-bond donors (Lipinski definition) is 2. The number of carboxylic acid groups (broad SMARTS) is 1. The second-order valence-electron chi connectivity index (χ2n) is 11.5. The molecule has 0 bridgehead atoms. The first-order chi connectivity index (χ1) is 24.1. The number of aromatic nitrogens is 2. The molecule has 0 aliphatic carbocycles. The Labute approximate surface area is 291 Å². The number of rotatable bonds is 14. The first-order valence-electron chi connectivity index (χ1n) is 16.0. The Morgan fingerprint density at radius 3 is 2.56 bits per heavy atom. The lowest BCUT2D eigenvalue weighted by molar-refractivity contribution is -0.132. The lowest BCUT2D eigenvalue weighted by atomic mass is 9.96. The number of nitrogens with one attached hydrogen (secondary N) is 1. The summed E-state index contributed by atoms with van der Waals surface area (Å²) in [5.41, 5.74) is 4.22. The molecule has 0 atom stereocenters. The fourth-order valence-corrected chi connectivity index (χ4v) is 6.66. The van der Waals surface area contributed by atoms with E-state index in [1.807, 2.05) is 28.9 Å². The van der Waals surface area contributed by atoms with Crippen LogP contribution in [0.25, 0.3) is 17.3 Å². The van der Waals surface area contributed by atoms with Crippen LogP contribution in [0.1, 0.15) is 42.0 Å². The van der Waals surface area contributed by atoms with Crippen molar-refractivity contribution >= 4 is 28.1 Å². The van der Waals surface area contributed by atoms with Gasteiger partial charge in [0.15, 0.2) is 6.79 Å². The number of amides is 2. The molecular formula is C36H40N4O9S. The number of urea groups is 1. The highest BCUT2D eigenvalue weighted by Gasteiger charge is 2.26. The van der Waals surface area contributed by atoms with Crippen LogP contribution in [0.4, 0.5) is 4.79 Å². The molecule has 5 rings (SSSR count). The van der Waals surface area contributed by atoms with Gasteiger partial charge in [0, 0.05) is 54.9 Å². The molecule has 0 spiro atoms. The number of hydrogen-bond acceptors (Lipinski definition) is 9. The van der Waals surface area contributed by atoms with Crippen molar-refractivity contribution < 1.29 is 42.1 Å². The molecule has 14 heteroatoms. The van der Waals surface area contributed by atoms with Gasteiger partial charge in [-0.05, 0) is 54.5 Å². The molecule has 2 amide bonds. The Morgan fingerprint density at radius 1 is 1.10 bits per heavy atom. The molecular weight excluding hydrogens is 664 g/mol. The van der Waals surface area contributed by atoms with Gasteiger partial charge in [0.1, 0.15) is 23.9 Å². The van der Waals surface area contributed by atoms with Crippen molar-refractivity contribution in [2.75, 3.05) is 28.0 Å². The predicted molar refractivity (Wildman–Crippen MR) is 185 cm³/mol. The number of aliphatic carboxylic acids is 1. The Bertz CT molecular complexity index is 1990. The zero-order valence-electron chi connectivity index (χ0n) is 28.3. The number of carbonyl (C=O) groups is 2. The summed E-state index contributed by atoms with van der Waals surface area (Å²) >= 11 is 0. The third-order valence-electron chi connectivity index (χ3n) is 8.29. The monoisotopic (exact) mass is 704 g/mol. The third kappa shape index (κ3) is 7.76. The van der Waals surface area contributed by atoms with Crippen molar-refractivity contribution in [3.8, 4) is 28.5 Å². The standard InChI is InChI=1S/C36H40N4O9S/c1-5-6-17-40-34(26(20-38-40)18-25(35(41)42)19-29-30-22-47-23-49-33(30)16-15-31(29)46-4)28-9-7-8-10-32(28)48-21-24-11-13-27(14-12-24)50(44,45)39(3)36(43)37-2/h7-16,18,20H,5-6,17,19,21-23H2,1-4H3,(H,37,43)(H,41,42). The fraction of sp³-hybridized carbons (Fsp3) is 0.306. The molecule has 13 nitrogen and oxygen atoms in total. The van der Waals surface area contributed by atoms with Crippen molar-refractivity contribution in [1.82, 2.24) is 19.4 Å². The highest BCUT2D eigenvalue weighted by atomic mass is 32.2. The maximum atomic E-state index is 12.8. The van der Waals surface area contributed by atoms with Gasteiger partial charge in [0.05, 0.1) is 30.5 Å². The van der Waals surface area contributed by atoms with E-state index in [0.29, 0.717) is 56.0 Å². The summed E-state index contributed by atoms with van der Waals surface area (Å²) in [7, 11) is 0.0487. The van der Waals surface area contributed by atoms with E-state index >= 15 is 0 Å². The number of carboxylic acids is 1. The first-order valence-corrected chi connectivity index (χ1v) is 17.4. The van der Waals surface area contributed by atoms with Crippen LogP contribution in [-0.2, 0) is 45.7 Å². The van der Waals surface area contributed by atoms with E-state index in [0.717, 1.165) is 18.4 Å². The summed E-state index contributed by atoms with van der Waals surface area (Å²) < 4.78 is 51.2. The van der Waals surface area contributed by atoms with Crippen LogP contribution in [0.2, 0.25) is 0 Å². The highest BCUT2D eigenvalue weighted by Crippen LogP contribution is 2.37. The number of methoxy groups -OCH3 is 1. The van der Waals surface area contributed by atoms with E-state index in [1.165, 1.54) is 33.3 Å². The summed E-state index contributed by atoms with van der Waals surface area (Å²) in [5.74, 6) is 0.600. The molecule has 4 aromatic rings.